The first-order chi connectivity index (χ1) is 13.8. The molecule has 0 radical (unpaired) electrons. The van der Waals surface area contributed by atoms with Gasteiger partial charge < -0.3 is 24.6 Å². The number of amides is 1. The highest BCUT2D eigenvalue weighted by Crippen LogP contribution is 2.29. The van der Waals surface area contributed by atoms with Gasteiger partial charge in [0.15, 0.2) is 18.1 Å². The summed E-state index contributed by atoms with van der Waals surface area (Å²) in [4.78, 5) is 34.1. The molecule has 0 spiro atoms. The van der Waals surface area contributed by atoms with E-state index in [0.717, 1.165) is 12.1 Å². The lowest BCUT2D eigenvalue weighted by atomic mass is 10.2. The van der Waals surface area contributed by atoms with Gasteiger partial charge in [0, 0.05) is 6.08 Å². The average Bonchev–Trinajstić information content (AvgIpc) is 2.71. The highest BCUT2D eigenvalue weighted by Gasteiger charge is 2.17. The summed E-state index contributed by atoms with van der Waals surface area (Å²) in [6.45, 7) is -0.634. The van der Waals surface area contributed by atoms with Crippen molar-refractivity contribution in [3.63, 3.8) is 0 Å². The van der Waals surface area contributed by atoms with E-state index in [1.165, 1.54) is 44.6 Å². The number of hydrogen-bond acceptors (Lipinski definition) is 8. The normalized spacial score (nSPS) is 10.4. The second kappa shape index (κ2) is 9.74. The van der Waals surface area contributed by atoms with Gasteiger partial charge in [-0.3, -0.25) is 14.9 Å². The maximum atomic E-state index is 11.9. The summed E-state index contributed by atoms with van der Waals surface area (Å²) in [5.74, 6) is -1.09. The van der Waals surface area contributed by atoms with Gasteiger partial charge in [-0.2, -0.15) is 0 Å². The van der Waals surface area contributed by atoms with E-state index in [-0.39, 0.29) is 28.6 Å². The van der Waals surface area contributed by atoms with Gasteiger partial charge in [-0.05, 0) is 35.9 Å². The number of esters is 1. The van der Waals surface area contributed by atoms with E-state index < -0.39 is 23.4 Å². The third-order valence-electron chi connectivity index (χ3n) is 3.64. The van der Waals surface area contributed by atoms with Crippen molar-refractivity contribution in [2.45, 2.75) is 0 Å². The van der Waals surface area contributed by atoms with E-state index in [0.29, 0.717) is 5.56 Å². The number of hydrogen-bond donors (Lipinski definition) is 2. The summed E-state index contributed by atoms with van der Waals surface area (Å²) in [6.07, 6.45) is 2.51. The number of anilines is 1. The first kappa shape index (κ1) is 21.2. The van der Waals surface area contributed by atoms with Gasteiger partial charge in [-0.25, -0.2) is 4.79 Å². The maximum Gasteiger partial charge on any atom is 0.331 e. The molecule has 0 aliphatic carbocycles. The van der Waals surface area contributed by atoms with Gasteiger partial charge in [0.1, 0.15) is 11.4 Å². The van der Waals surface area contributed by atoms with Gasteiger partial charge in [0.2, 0.25) is 0 Å². The van der Waals surface area contributed by atoms with E-state index in [4.69, 9.17) is 14.2 Å². The smallest absolute Gasteiger partial charge is 0.331 e. The zero-order chi connectivity index (χ0) is 21.4. The number of benzene rings is 2. The minimum Gasteiger partial charge on any atom is -0.504 e. The number of nitro benzene ring substituents is 1. The number of aromatic hydroxyl groups is 1. The molecule has 0 saturated heterocycles. The first-order valence-electron chi connectivity index (χ1n) is 8.18. The third-order valence-corrected chi connectivity index (χ3v) is 3.64. The van der Waals surface area contributed by atoms with Crippen LogP contribution < -0.4 is 14.8 Å². The molecule has 2 N–H and O–H groups in total. The summed E-state index contributed by atoms with van der Waals surface area (Å²) in [6, 6.07) is 8.39. The number of carbonyl (C=O) groups excluding carboxylic acids is 2. The molecule has 2 aromatic carbocycles. The topological polar surface area (TPSA) is 137 Å². The molecular formula is C19H18N2O8. The molecule has 0 aliphatic heterocycles. The molecule has 0 fully saturated rings. The fraction of sp³-hybridized carbons (Fsp3) is 0.158. The molecule has 152 valence electrons. The number of phenolic OH excluding ortho intramolecular Hbond substituents is 1. The number of nitrogens with zero attached hydrogens (tertiary/aromatic N) is 1. The molecule has 2 aromatic rings. The van der Waals surface area contributed by atoms with Crippen molar-refractivity contribution in [3.8, 4) is 17.2 Å². The summed E-state index contributed by atoms with van der Waals surface area (Å²) >= 11 is 0. The second-order valence-corrected chi connectivity index (χ2v) is 5.56. The monoisotopic (exact) mass is 402 g/mol. The lowest BCUT2D eigenvalue weighted by Gasteiger charge is -2.07. The fourth-order valence-corrected chi connectivity index (χ4v) is 2.23. The van der Waals surface area contributed by atoms with Crippen molar-refractivity contribution in [1.82, 2.24) is 0 Å². The van der Waals surface area contributed by atoms with Crippen LogP contribution in [-0.4, -0.2) is 42.7 Å². The molecule has 0 aromatic heterocycles. The zero-order valence-electron chi connectivity index (χ0n) is 15.6. The Bertz CT molecular complexity index is 955. The number of phenols is 1. The number of methoxy groups -OCH3 is 2. The lowest BCUT2D eigenvalue weighted by molar-refractivity contribution is -0.384. The first-order valence-corrected chi connectivity index (χ1v) is 8.18. The van der Waals surface area contributed by atoms with Crippen molar-refractivity contribution < 1.29 is 33.8 Å². The Morgan fingerprint density at radius 2 is 1.93 bits per heavy atom. The number of nitro groups is 1. The molecule has 0 unspecified atom stereocenters. The quantitative estimate of drug-likeness (QED) is 0.297. The number of ether oxygens (including phenoxy) is 3. The van der Waals surface area contributed by atoms with E-state index in [1.54, 1.807) is 6.07 Å². The predicted octanol–water partition coefficient (Wildman–Crippen LogP) is 2.51. The molecule has 10 heteroatoms. The minimum absolute atomic E-state index is 0.0449. The van der Waals surface area contributed by atoms with Crippen molar-refractivity contribution in [3.05, 3.63) is 58.2 Å². The molecule has 0 atom stereocenters. The molecule has 0 bridgehead atoms. The Hall–Kier alpha value is -4.08. The molecule has 10 nitrogen and oxygen atoms in total. The van der Waals surface area contributed by atoms with Crippen LogP contribution in [0.3, 0.4) is 0 Å². The second-order valence-electron chi connectivity index (χ2n) is 5.56. The summed E-state index contributed by atoms with van der Waals surface area (Å²) < 4.78 is 14.7. The summed E-state index contributed by atoms with van der Waals surface area (Å²) in [7, 11) is 2.75. The van der Waals surface area contributed by atoms with Crippen LogP contribution in [0.1, 0.15) is 5.56 Å². The molecule has 2 rings (SSSR count). The van der Waals surface area contributed by atoms with E-state index in [1.807, 2.05) is 0 Å². The minimum atomic E-state index is -0.795. The largest absolute Gasteiger partial charge is 0.504 e. The van der Waals surface area contributed by atoms with Gasteiger partial charge in [-0.1, -0.05) is 6.07 Å². The molecule has 29 heavy (non-hydrogen) atoms. The highest BCUT2D eigenvalue weighted by molar-refractivity contribution is 5.96. The Balaban J connectivity index is 1.94. The van der Waals surface area contributed by atoms with E-state index >= 15 is 0 Å². The predicted molar refractivity (Wildman–Crippen MR) is 103 cm³/mol. The molecule has 0 heterocycles. The van der Waals surface area contributed by atoms with Gasteiger partial charge in [0.05, 0.1) is 25.2 Å². The molecule has 0 saturated carbocycles. The average molecular weight is 402 g/mol. The maximum absolute atomic E-state index is 11.9. The van der Waals surface area contributed by atoms with Crippen LogP contribution in [-0.2, 0) is 14.3 Å². The van der Waals surface area contributed by atoms with Crippen molar-refractivity contribution in [1.29, 1.82) is 0 Å². The molecule has 0 aliphatic rings. The fourth-order valence-electron chi connectivity index (χ4n) is 2.23. The zero-order valence-corrected chi connectivity index (χ0v) is 15.6. The molecule has 1 amide bonds. The van der Waals surface area contributed by atoms with Crippen molar-refractivity contribution >= 4 is 29.3 Å². The van der Waals surface area contributed by atoms with Crippen LogP contribution in [0.4, 0.5) is 11.4 Å². The highest BCUT2D eigenvalue weighted by atomic mass is 16.6. The summed E-state index contributed by atoms with van der Waals surface area (Å²) in [5, 5.41) is 22.9. The van der Waals surface area contributed by atoms with Crippen LogP contribution in [0.2, 0.25) is 0 Å². The SMILES string of the molecule is COc1ccc(NC(=O)COC(=O)/C=C/c2ccc(O)c(OC)c2)c([N+](=O)[O-])c1. The third kappa shape index (κ3) is 5.96. The lowest BCUT2D eigenvalue weighted by Crippen LogP contribution is -2.20. The van der Waals surface area contributed by atoms with Crippen LogP contribution in [0.25, 0.3) is 6.08 Å². The van der Waals surface area contributed by atoms with Crippen LogP contribution in [0, 0.1) is 10.1 Å². The summed E-state index contributed by atoms with van der Waals surface area (Å²) in [5.41, 5.74) is 0.156. The Morgan fingerprint density at radius 3 is 2.59 bits per heavy atom. The van der Waals surface area contributed by atoms with Gasteiger partial charge in [0.25, 0.3) is 11.6 Å². The standard InChI is InChI=1S/C19H18N2O8/c1-27-13-5-6-14(15(10-13)21(25)26)20-18(23)11-29-19(24)8-4-12-3-7-16(22)17(9-12)28-2/h3-10,22H,11H2,1-2H3,(H,20,23)/b8-4+. The Morgan fingerprint density at radius 1 is 1.17 bits per heavy atom. The van der Waals surface area contributed by atoms with E-state index in [9.17, 15) is 24.8 Å². The van der Waals surface area contributed by atoms with Crippen LogP contribution in [0.15, 0.2) is 42.5 Å². The van der Waals surface area contributed by atoms with Crippen LogP contribution >= 0.6 is 0 Å². The van der Waals surface area contributed by atoms with Gasteiger partial charge >= 0.3 is 5.97 Å². The Kier molecular flexibility index (Phi) is 7.13. The van der Waals surface area contributed by atoms with Crippen molar-refractivity contribution in [2.24, 2.45) is 0 Å². The van der Waals surface area contributed by atoms with E-state index in [2.05, 4.69) is 5.32 Å². The number of carbonyl (C=O) groups is 2. The Labute approximate surface area is 165 Å². The van der Waals surface area contributed by atoms with Crippen molar-refractivity contribution in [2.75, 3.05) is 26.1 Å². The molecular weight excluding hydrogens is 384 g/mol. The number of nitrogens with one attached hydrogen (secondary N) is 1. The van der Waals surface area contributed by atoms with Crippen LogP contribution in [0.5, 0.6) is 17.2 Å². The number of rotatable bonds is 8. The van der Waals surface area contributed by atoms with Gasteiger partial charge in [-0.15, -0.1) is 0 Å².